The molecule has 3 aromatic heterocycles. The molecule has 0 amide bonds. The normalized spacial score (nSPS) is 10.7. The number of alkyl halides is 3. The molecule has 0 saturated carbocycles. The SMILES string of the molecule is CC.CCCCCn1ccc2cc(-c3ncc(C(F)(F)F)cn3)ccc2c1=O.Nc1cn[nH]c(=O)c1C=O. The van der Waals surface area contributed by atoms with E-state index in [0.717, 1.165) is 31.7 Å². The maximum Gasteiger partial charge on any atom is 0.419 e. The molecule has 0 radical (unpaired) electrons. The lowest BCUT2D eigenvalue weighted by Gasteiger charge is -2.09. The van der Waals surface area contributed by atoms with Gasteiger partial charge in [0, 0.05) is 36.1 Å². The van der Waals surface area contributed by atoms with Crippen molar-refractivity contribution in [1.82, 2.24) is 24.7 Å². The maximum absolute atomic E-state index is 12.6. The number of H-pyrrole nitrogens is 1. The third kappa shape index (κ3) is 7.58. The van der Waals surface area contributed by atoms with Crippen LogP contribution in [-0.2, 0) is 12.7 Å². The molecule has 0 bridgehead atoms. The summed E-state index contributed by atoms with van der Waals surface area (Å²) in [5.74, 6) is 0.187. The van der Waals surface area contributed by atoms with Crippen LogP contribution in [0.15, 0.2) is 58.6 Å². The van der Waals surface area contributed by atoms with E-state index in [2.05, 4.69) is 27.1 Å². The number of aromatic nitrogens is 5. The number of pyridine rings is 1. The Morgan fingerprint density at radius 3 is 2.29 bits per heavy atom. The lowest BCUT2D eigenvalue weighted by molar-refractivity contribution is -0.138. The van der Waals surface area contributed by atoms with E-state index in [4.69, 9.17) is 5.73 Å². The van der Waals surface area contributed by atoms with Crippen LogP contribution in [0.4, 0.5) is 18.9 Å². The van der Waals surface area contributed by atoms with Crippen molar-refractivity contribution in [1.29, 1.82) is 0 Å². The number of hydrogen-bond acceptors (Lipinski definition) is 7. The van der Waals surface area contributed by atoms with Crippen molar-refractivity contribution in [2.45, 2.75) is 52.8 Å². The maximum atomic E-state index is 12.6. The smallest absolute Gasteiger partial charge is 0.397 e. The van der Waals surface area contributed by atoms with Gasteiger partial charge in [-0.2, -0.15) is 18.3 Å². The van der Waals surface area contributed by atoms with Crippen molar-refractivity contribution < 1.29 is 18.0 Å². The van der Waals surface area contributed by atoms with Crippen LogP contribution < -0.4 is 16.9 Å². The summed E-state index contributed by atoms with van der Waals surface area (Å²) in [4.78, 5) is 40.9. The average Bonchev–Trinajstić information content (AvgIpc) is 2.91. The Labute approximate surface area is 216 Å². The molecule has 3 N–H and O–H groups in total. The summed E-state index contributed by atoms with van der Waals surface area (Å²) in [5.41, 5.74) is 4.28. The van der Waals surface area contributed by atoms with E-state index < -0.39 is 17.3 Å². The highest BCUT2D eigenvalue weighted by atomic mass is 19.4. The fourth-order valence-electron chi connectivity index (χ4n) is 3.30. The fourth-order valence-corrected chi connectivity index (χ4v) is 3.30. The highest BCUT2D eigenvalue weighted by Crippen LogP contribution is 2.29. The van der Waals surface area contributed by atoms with Gasteiger partial charge in [0.25, 0.3) is 11.1 Å². The highest BCUT2D eigenvalue weighted by molar-refractivity contribution is 5.85. The third-order valence-electron chi connectivity index (χ3n) is 5.26. The van der Waals surface area contributed by atoms with Gasteiger partial charge >= 0.3 is 6.18 Å². The number of aromatic amines is 1. The average molecular weight is 531 g/mol. The van der Waals surface area contributed by atoms with Crippen LogP contribution in [0.1, 0.15) is 56.0 Å². The topological polar surface area (TPSA) is 137 Å². The third-order valence-corrected chi connectivity index (χ3v) is 5.26. The van der Waals surface area contributed by atoms with E-state index in [9.17, 15) is 27.6 Å². The van der Waals surface area contributed by atoms with E-state index >= 15 is 0 Å². The molecule has 0 saturated heterocycles. The molecule has 202 valence electrons. The number of aryl methyl sites for hydroxylation is 1. The standard InChI is InChI=1S/C19H18F3N3O.C5H5N3O2.C2H6/c1-2-3-4-8-25-9-7-13-10-14(5-6-16(13)18(25)26)17-23-11-15(12-24-17)19(20,21)22;6-4-1-7-8-5(10)3(4)2-9;1-2/h5-7,9-12H,2-4,8H2,1H3;1-2H,(H3,6,8,10);1-2H3. The first kappa shape index (κ1) is 29.9. The first-order valence-corrected chi connectivity index (χ1v) is 12.0. The zero-order valence-corrected chi connectivity index (χ0v) is 21.2. The number of anilines is 1. The molecule has 38 heavy (non-hydrogen) atoms. The first-order chi connectivity index (χ1) is 18.2. The molecule has 3 heterocycles. The number of unbranched alkanes of at least 4 members (excludes halogenated alkanes) is 2. The molecule has 0 unspecified atom stereocenters. The Balaban J connectivity index is 0.000000353. The number of carbonyl (C=O) groups excluding carboxylic acids is 1. The summed E-state index contributed by atoms with van der Waals surface area (Å²) in [6, 6.07) is 6.87. The summed E-state index contributed by atoms with van der Waals surface area (Å²) >= 11 is 0. The van der Waals surface area contributed by atoms with E-state index in [1.807, 2.05) is 19.9 Å². The summed E-state index contributed by atoms with van der Waals surface area (Å²) in [5, 5.41) is 6.73. The van der Waals surface area contributed by atoms with Gasteiger partial charge in [0.1, 0.15) is 5.56 Å². The Bertz CT molecular complexity index is 1460. The monoisotopic (exact) mass is 530 g/mol. The van der Waals surface area contributed by atoms with Gasteiger partial charge in [-0.05, 0) is 30.0 Å². The number of aldehydes is 1. The van der Waals surface area contributed by atoms with Crippen molar-refractivity contribution >= 4 is 22.7 Å². The molecule has 0 aliphatic rings. The largest absolute Gasteiger partial charge is 0.419 e. The molecular formula is C26H29F3N6O3. The zero-order valence-electron chi connectivity index (χ0n) is 21.2. The van der Waals surface area contributed by atoms with Crippen LogP contribution in [-0.4, -0.2) is 31.0 Å². The van der Waals surface area contributed by atoms with Crippen LogP contribution in [0.5, 0.6) is 0 Å². The summed E-state index contributed by atoms with van der Waals surface area (Å²) < 4.78 is 39.5. The molecule has 9 nitrogen and oxygen atoms in total. The Hall–Kier alpha value is -4.35. The van der Waals surface area contributed by atoms with Crippen LogP contribution in [0, 0.1) is 0 Å². The fraction of sp³-hybridized carbons (Fsp3) is 0.308. The van der Waals surface area contributed by atoms with Gasteiger partial charge in [-0.3, -0.25) is 14.4 Å². The van der Waals surface area contributed by atoms with Crippen molar-refractivity contribution in [3.63, 3.8) is 0 Å². The highest BCUT2D eigenvalue weighted by Gasteiger charge is 2.31. The summed E-state index contributed by atoms with van der Waals surface area (Å²) in [7, 11) is 0. The second kappa shape index (κ2) is 13.8. The number of carbonyl (C=O) groups is 1. The number of halogens is 3. The van der Waals surface area contributed by atoms with Gasteiger partial charge in [0.15, 0.2) is 12.1 Å². The molecular weight excluding hydrogens is 501 g/mol. The van der Waals surface area contributed by atoms with Gasteiger partial charge in [-0.1, -0.05) is 39.7 Å². The Morgan fingerprint density at radius 1 is 1.05 bits per heavy atom. The number of nitrogens with two attached hydrogens (primary N) is 1. The molecule has 0 fully saturated rings. The number of benzene rings is 1. The minimum absolute atomic E-state index is 0.0708. The van der Waals surface area contributed by atoms with Gasteiger partial charge in [-0.15, -0.1) is 0 Å². The summed E-state index contributed by atoms with van der Waals surface area (Å²) in [6.45, 7) is 6.78. The molecule has 0 spiro atoms. The van der Waals surface area contributed by atoms with E-state index in [-0.39, 0.29) is 22.6 Å². The number of nitrogen functional groups attached to an aromatic ring is 1. The molecule has 0 atom stereocenters. The molecule has 0 aliphatic heterocycles. The van der Waals surface area contributed by atoms with Crippen molar-refractivity contribution in [3.05, 3.63) is 80.9 Å². The molecule has 4 rings (SSSR count). The van der Waals surface area contributed by atoms with Gasteiger partial charge in [0.2, 0.25) is 0 Å². The number of nitrogens with zero attached hydrogens (tertiary/aromatic N) is 4. The zero-order chi connectivity index (χ0) is 28.3. The lowest BCUT2D eigenvalue weighted by atomic mass is 10.1. The Morgan fingerprint density at radius 2 is 1.74 bits per heavy atom. The van der Waals surface area contributed by atoms with Crippen molar-refractivity contribution in [2.24, 2.45) is 0 Å². The minimum atomic E-state index is -4.47. The van der Waals surface area contributed by atoms with E-state index in [1.165, 1.54) is 6.20 Å². The number of rotatable bonds is 6. The van der Waals surface area contributed by atoms with E-state index in [1.54, 1.807) is 29.0 Å². The van der Waals surface area contributed by atoms with Gasteiger partial charge in [0.05, 0.1) is 17.4 Å². The van der Waals surface area contributed by atoms with Gasteiger partial charge < -0.3 is 10.3 Å². The van der Waals surface area contributed by atoms with Crippen LogP contribution in [0.3, 0.4) is 0 Å². The number of hydrogen-bond donors (Lipinski definition) is 2. The second-order valence-corrected chi connectivity index (χ2v) is 7.80. The van der Waals surface area contributed by atoms with Crippen LogP contribution in [0.2, 0.25) is 0 Å². The Kier molecular flexibility index (Phi) is 10.9. The summed E-state index contributed by atoms with van der Waals surface area (Å²) in [6.07, 6.45) is 3.51. The molecule has 1 aromatic carbocycles. The van der Waals surface area contributed by atoms with Crippen molar-refractivity contribution in [3.8, 4) is 11.4 Å². The van der Waals surface area contributed by atoms with Crippen LogP contribution in [0.25, 0.3) is 22.2 Å². The first-order valence-electron chi connectivity index (χ1n) is 12.0. The predicted octanol–water partition coefficient (Wildman–Crippen LogP) is 4.86. The number of nitrogens with one attached hydrogen (secondary N) is 1. The second-order valence-electron chi connectivity index (χ2n) is 7.80. The van der Waals surface area contributed by atoms with Crippen LogP contribution >= 0.6 is 0 Å². The molecule has 0 aliphatic carbocycles. The molecule has 12 heteroatoms. The minimum Gasteiger partial charge on any atom is -0.397 e. The molecule has 4 aromatic rings. The predicted molar refractivity (Wildman–Crippen MR) is 140 cm³/mol. The van der Waals surface area contributed by atoms with E-state index in [0.29, 0.717) is 29.2 Å². The van der Waals surface area contributed by atoms with Crippen molar-refractivity contribution in [2.75, 3.05) is 5.73 Å². The quantitative estimate of drug-likeness (QED) is 0.268. The van der Waals surface area contributed by atoms with Gasteiger partial charge in [-0.25, -0.2) is 15.1 Å². The lowest BCUT2D eigenvalue weighted by Crippen LogP contribution is -2.19. The number of fused-ring (bicyclic) bond motifs is 1.